The second-order valence-corrected chi connectivity index (χ2v) is 4.16. The van der Waals surface area contributed by atoms with Gasteiger partial charge in [-0.3, -0.25) is 9.97 Å². The second-order valence-electron chi connectivity index (χ2n) is 4.16. The zero-order valence-corrected chi connectivity index (χ0v) is 11.4. The van der Waals surface area contributed by atoms with Gasteiger partial charge < -0.3 is 10.6 Å². The van der Waals surface area contributed by atoms with E-state index in [1.54, 1.807) is 18.7 Å². The fourth-order valence-electron chi connectivity index (χ4n) is 1.80. The first-order chi connectivity index (χ1) is 9.24. The minimum Gasteiger partial charge on any atom is -0.373 e. The lowest BCUT2D eigenvalue weighted by Crippen LogP contribution is -2.09. The first-order valence-corrected chi connectivity index (χ1v) is 6.27. The van der Waals surface area contributed by atoms with Gasteiger partial charge in [0.25, 0.3) is 0 Å². The van der Waals surface area contributed by atoms with Gasteiger partial charge in [-0.15, -0.1) is 0 Å². The third-order valence-electron chi connectivity index (χ3n) is 2.81. The zero-order chi connectivity index (χ0) is 13.7. The lowest BCUT2D eigenvalue weighted by atomic mass is 10.2. The molecule has 2 aromatic heterocycles. The van der Waals surface area contributed by atoms with Crippen LogP contribution in [0.1, 0.15) is 23.9 Å². The summed E-state index contributed by atoms with van der Waals surface area (Å²) in [6, 6.07) is 0. The van der Waals surface area contributed by atoms with Crippen LogP contribution >= 0.6 is 0 Å². The molecule has 6 heteroatoms. The fraction of sp³-hybridized carbons (Fsp3) is 0.385. The topological polar surface area (TPSA) is 75.6 Å². The Morgan fingerprint density at radius 3 is 2.47 bits per heavy atom. The predicted molar refractivity (Wildman–Crippen MR) is 75.1 cm³/mol. The smallest absolute Gasteiger partial charge is 0.135 e. The normalized spacial score (nSPS) is 10.3. The van der Waals surface area contributed by atoms with Crippen molar-refractivity contribution in [1.29, 1.82) is 0 Å². The highest BCUT2D eigenvalue weighted by atomic mass is 15.1. The summed E-state index contributed by atoms with van der Waals surface area (Å²) in [5.41, 5.74) is 2.87. The molecule has 100 valence electrons. The molecule has 0 amide bonds. The molecule has 0 fully saturated rings. The van der Waals surface area contributed by atoms with E-state index in [9.17, 15) is 0 Å². The van der Waals surface area contributed by atoms with Crippen molar-refractivity contribution in [3.8, 4) is 0 Å². The van der Waals surface area contributed by atoms with E-state index in [1.807, 2.05) is 14.0 Å². The Balaban J connectivity index is 2.13. The van der Waals surface area contributed by atoms with Crippen LogP contribution in [0.3, 0.4) is 0 Å². The van der Waals surface area contributed by atoms with E-state index in [0.29, 0.717) is 6.54 Å². The van der Waals surface area contributed by atoms with Crippen LogP contribution in [0.5, 0.6) is 0 Å². The third kappa shape index (κ3) is 3.15. The van der Waals surface area contributed by atoms with E-state index in [-0.39, 0.29) is 0 Å². The minimum atomic E-state index is 0.598. The maximum atomic E-state index is 4.31. The van der Waals surface area contributed by atoms with Crippen LogP contribution in [0.4, 0.5) is 11.6 Å². The van der Waals surface area contributed by atoms with Gasteiger partial charge in [0.05, 0.1) is 24.1 Å². The number of nitrogens with one attached hydrogen (secondary N) is 2. The molecule has 0 aliphatic heterocycles. The highest BCUT2D eigenvalue weighted by molar-refractivity contribution is 5.57. The Kier molecular flexibility index (Phi) is 4.22. The highest BCUT2D eigenvalue weighted by Gasteiger charge is 2.08. The van der Waals surface area contributed by atoms with Crippen molar-refractivity contribution in [1.82, 2.24) is 19.9 Å². The molecule has 0 aliphatic rings. The molecule has 0 atom stereocenters. The minimum absolute atomic E-state index is 0.598. The van der Waals surface area contributed by atoms with Crippen LogP contribution in [-0.2, 0) is 13.0 Å². The van der Waals surface area contributed by atoms with Crippen LogP contribution in [0.25, 0.3) is 0 Å². The maximum absolute atomic E-state index is 4.31. The first-order valence-electron chi connectivity index (χ1n) is 6.27. The number of nitrogens with zero attached hydrogens (tertiary/aromatic N) is 4. The molecule has 0 saturated heterocycles. The number of hydrogen-bond donors (Lipinski definition) is 2. The van der Waals surface area contributed by atoms with Crippen LogP contribution in [-0.4, -0.2) is 27.0 Å². The summed E-state index contributed by atoms with van der Waals surface area (Å²) in [5, 5.41) is 6.35. The van der Waals surface area contributed by atoms with Gasteiger partial charge >= 0.3 is 0 Å². The van der Waals surface area contributed by atoms with E-state index in [1.165, 1.54) is 0 Å². The molecule has 0 unspecified atom stereocenters. The van der Waals surface area contributed by atoms with Gasteiger partial charge in [-0.2, -0.15) is 0 Å². The van der Waals surface area contributed by atoms with Crippen LogP contribution in [0.2, 0.25) is 0 Å². The van der Waals surface area contributed by atoms with Gasteiger partial charge in [0.1, 0.15) is 18.0 Å². The zero-order valence-electron chi connectivity index (χ0n) is 11.4. The van der Waals surface area contributed by atoms with Gasteiger partial charge in [-0.25, -0.2) is 9.97 Å². The summed E-state index contributed by atoms with van der Waals surface area (Å²) in [6.07, 6.45) is 5.94. The molecular formula is C13H18N6. The Labute approximate surface area is 112 Å². The van der Waals surface area contributed by atoms with Crippen molar-refractivity contribution >= 4 is 11.6 Å². The molecule has 0 spiro atoms. The average Bonchev–Trinajstić information content (AvgIpc) is 2.46. The van der Waals surface area contributed by atoms with Crippen LogP contribution in [0.15, 0.2) is 18.7 Å². The number of hydrogen-bond acceptors (Lipinski definition) is 6. The lowest BCUT2D eigenvalue weighted by Gasteiger charge is -2.12. The van der Waals surface area contributed by atoms with Gasteiger partial charge in [-0.1, -0.05) is 6.92 Å². The summed E-state index contributed by atoms with van der Waals surface area (Å²) >= 11 is 0. The molecule has 0 bridgehead atoms. The first kappa shape index (κ1) is 13.2. The molecule has 2 rings (SSSR count). The molecule has 2 heterocycles. The molecule has 2 aromatic rings. The molecular weight excluding hydrogens is 240 g/mol. The van der Waals surface area contributed by atoms with E-state index >= 15 is 0 Å². The summed E-state index contributed by atoms with van der Waals surface area (Å²) < 4.78 is 0. The molecule has 2 N–H and O–H groups in total. The maximum Gasteiger partial charge on any atom is 0.135 e. The average molecular weight is 258 g/mol. The summed E-state index contributed by atoms with van der Waals surface area (Å²) in [7, 11) is 1.86. The monoisotopic (exact) mass is 258 g/mol. The van der Waals surface area contributed by atoms with Crippen LogP contribution in [0, 0.1) is 6.92 Å². The third-order valence-corrected chi connectivity index (χ3v) is 2.81. The SMILES string of the molecule is CCc1c(NC)ncnc1NCc1cnc(C)cn1. The lowest BCUT2D eigenvalue weighted by molar-refractivity contribution is 0.958. The summed E-state index contributed by atoms with van der Waals surface area (Å²) in [4.78, 5) is 17.0. The van der Waals surface area contributed by atoms with E-state index < -0.39 is 0 Å². The fourth-order valence-corrected chi connectivity index (χ4v) is 1.80. The van der Waals surface area contributed by atoms with E-state index in [2.05, 4.69) is 37.5 Å². The molecule has 19 heavy (non-hydrogen) atoms. The summed E-state index contributed by atoms with van der Waals surface area (Å²) in [5.74, 6) is 1.69. The highest BCUT2D eigenvalue weighted by Crippen LogP contribution is 2.20. The van der Waals surface area contributed by atoms with Crippen LogP contribution < -0.4 is 10.6 Å². The number of rotatable bonds is 5. The molecule has 0 aromatic carbocycles. The van der Waals surface area contributed by atoms with Gasteiger partial charge in [0, 0.05) is 18.8 Å². The van der Waals surface area contributed by atoms with Gasteiger partial charge in [0.2, 0.25) is 0 Å². The largest absolute Gasteiger partial charge is 0.373 e. The quantitative estimate of drug-likeness (QED) is 0.851. The Hall–Kier alpha value is -2.24. The number of anilines is 2. The standard InChI is InChI=1S/C13H18N6/c1-4-11-12(14-3)18-8-19-13(11)17-7-10-6-15-9(2)5-16-10/h5-6,8H,4,7H2,1-3H3,(H2,14,17,18,19). The summed E-state index contributed by atoms with van der Waals surface area (Å²) in [6.45, 7) is 4.60. The molecule has 6 nitrogen and oxygen atoms in total. The van der Waals surface area contributed by atoms with Gasteiger partial charge in [0.15, 0.2) is 0 Å². The predicted octanol–water partition coefficient (Wildman–Crippen LogP) is 1.79. The molecule has 0 radical (unpaired) electrons. The molecule has 0 saturated carbocycles. The Morgan fingerprint density at radius 2 is 1.84 bits per heavy atom. The van der Waals surface area contributed by atoms with Crippen molar-refractivity contribution < 1.29 is 0 Å². The van der Waals surface area contributed by atoms with Crippen molar-refractivity contribution in [3.05, 3.63) is 35.7 Å². The van der Waals surface area contributed by atoms with Crippen molar-refractivity contribution in [3.63, 3.8) is 0 Å². The molecule has 0 aliphatic carbocycles. The van der Waals surface area contributed by atoms with E-state index in [4.69, 9.17) is 0 Å². The van der Waals surface area contributed by atoms with Crippen molar-refractivity contribution in [2.45, 2.75) is 26.8 Å². The number of aromatic nitrogens is 4. The van der Waals surface area contributed by atoms with Crippen molar-refractivity contribution in [2.24, 2.45) is 0 Å². The number of aryl methyl sites for hydroxylation is 1. The van der Waals surface area contributed by atoms with Crippen molar-refractivity contribution in [2.75, 3.05) is 17.7 Å². The second kappa shape index (κ2) is 6.08. The Morgan fingerprint density at radius 1 is 1.05 bits per heavy atom. The van der Waals surface area contributed by atoms with Gasteiger partial charge in [-0.05, 0) is 13.3 Å². The van der Waals surface area contributed by atoms with E-state index in [0.717, 1.165) is 35.0 Å². The Bertz CT molecular complexity index is 537.